The van der Waals surface area contributed by atoms with E-state index in [2.05, 4.69) is 41.5 Å². The molecule has 1 saturated heterocycles. The molecule has 2 aromatic rings. The molecule has 1 aliphatic rings. The molecule has 1 N–H and O–H groups in total. The van der Waals surface area contributed by atoms with Crippen molar-refractivity contribution in [3.05, 3.63) is 41.6 Å². The van der Waals surface area contributed by atoms with Crippen LogP contribution in [0.15, 0.2) is 30.5 Å². The first kappa shape index (κ1) is 11.7. The lowest BCUT2D eigenvalue weighted by molar-refractivity contribution is 0.399. The Labute approximate surface area is 108 Å². The van der Waals surface area contributed by atoms with Crippen molar-refractivity contribution in [1.29, 1.82) is 0 Å². The summed E-state index contributed by atoms with van der Waals surface area (Å²) in [5, 5.41) is 4.88. The Morgan fingerprint density at radius 2 is 2.22 bits per heavy atom. The van der Waals surface area contributed by atoms with Gasteiger partial charge in [-0.2, -0.15) is 0 Å². The van der Waals surface area contributed by atoms with Crippen molar-refractivity contribution >= 4 is 10.9 Å². The molecule has 0 radical (unpaired) electrons. The molecular weight excluding hydrogens is 220 g/mol. The predicted octanol–water partition coefficient (Wildman–Crippen LogP) is 3.23. The standard InChI is InChI=1S/C16H20N2/c1-12-8-14-9-13(5-6-16(14)18-11-12)10-15-4-2-3-7-17-15/h5-6,8-9,11,15,17H,2-4,7,10H2,1H3. The van der Waals surface area contributed by atoms with E-state index < -0.39 is 0 Å². The lowest BCUT2D eigenvalue weighted by atomic mass is 9.97. The number of hydrogen-bond acceptors (Lipinski definition) is 2. The molecule has 0 saturated carbocycles. The molecule has 1 atom stereocenters. The highest BCUT2D eigenvalue weighted by Crippen LogP contribution is 2.18. The van der Waals surface area contributed by atoms with Crippen LogP contribution in [0.4, 0.5) is 0 Å². The summed E-state index contributed by atoms with van der Waals surface area (Å²) >= 11 is 0. The summed E-state index contributed by atoms with van der Waals surface area (Å²) < 4.78 is 0. The quantitative estimate of drug-likeness (QED) is 0.871. The second-order valence-electron chi connectivity index (χ2n) is 5.39. The van der Waals surface area contributed by atoms with Gasteiger partial charge in [0.25, 0.3) is 0 Å². The van der Waals surface area contributed by atoms with E-state index in [9.17, 15) is 0 Å². The Hall–Kier alpha value is -1.41. The molecule has 0 bridgehead atoms. The topological polar surface area (TPSA) is 24.9 Å². The first-order valence-corrected chi connectivity index (χ1v) is 6.90. The zero-order chi connectivity index (χ0) is 12.4. The van der Waals surface area contributed by atoms with Crippen molar-refractivity contribution in [1.82, 2.24) is 10.3 Å². The van der Waals surface area contributed by atoms with Gasteiger partial charge in [0.1, 0.15) is 0 Å². The molecule has 3 rings (SSSR count). The number of aromatic nitrogens is 1. The number of fused-ring (bicyclic) bond motifs is 1. The fraction of sp³-hybridized carbons (Fsp3) is 0.438. The normalized spacial score (nSPS) is 20.2. The molecule has 1 aromatic carbocycles. The van der Waals surface area contributed by atoms with Gasteiger partial charge < -0.3 is 5.32 Å². The minimum atomic E-state index is 0.661. The van der Waals surface area contributed by atoms with E-state index in [0.29, 0.717) is 6.04 Å². The van der Waals surface area contributed by atoms with Crippen LogP contribution in [0, 0.1) is 6.92 Å². The third-order valence-corrected chi connectivity index (χ3v) is 3.78. The molecule has 0 aliphatic carbocycles. The molecule has 0 spiro atoms. The number of benzene rings is 1. The first-order valence-electron chi connectivity index (χ1n) is 6.90. The van der Waals surface area contributed by atoms with Crippen LogP contribution in [-0.4, -0.2) is 17.6 Å². The Morgan fingerprint density at radius 3 is 3.06 bits per heavy atom. The molecule has 18 heavy (non-hydrogen) atoms. The highest BCUT2D eigenvalue weighted by atomic mass is 14.9. The SMILES string of the molecule is Cc1cnc2ccc(CC3CCCCN3)cc2c1. The number of nitrogens with zero attached hydrogens (tertiary/aromatic N) is 1. The van der Waals surface area contributed by atoms with E-state index >= 15 is 0 Å². The highest BCUT2D eigenvalue weighted by molar-refractivity contribution is 5.79. The van der Waals surface area contributed by atoms with Gasteiger partial charge >= 0.3 is 0 Å². The maximum atomic E-state index is 4.45. The number of piperidine rings is 1. The number of rotatable bonds is 2. The van der Waals surface area contributed by atoms with Gasteiger partial charge in [-0.25, -0.2) is 0 Å². The van der Waals surface area contributed by atoms with Crippen LogP contribution in [0.1, 0.15) is 30.4 Å². The van der Waals surface area contributed by atoms with Crippen LogP contribution < -0.4 is 5.32 Å². The zero-order valence-corrected chi connectivity index (χ0v) is 10.9. The van der Waals surface area contributed by atoms with E-state index in [1.165, 1.54) is 42.3 Å². The van der Waals surface area contributed by atoms with Gasteiger partial charge in [0.2, 0.25) is 0 Å². The van der Waals surface area contributed by atoms with Crippen LogP contribution in [-0.2, 0) is 6.42 Å². The molecular formula is C16H20N2. The van der Waals surface area contributed by atoms with Gasteiger partial charge in [-0.15, -0.1) is 0 Å². The summed E-state index contributed by atoms with van der Waals surface area (Å²) in [6.45, 7) is 3.28. The fourth-order valence-corrected chi connectivity index (χ4v) is 2.80. The minimum absolute atomic E-state index is 0.661. The van der Waals surface area contributed by atoms with Gasteiger partial charge in [0.15, 0.2) is 0 Å². The molecule has 2 heterocycles. The van der Waals surface area contributed by atoms with E-state index in [-0.39, 0.29) is 0 Å². The summed E-state index contributed by atoms with van der Waals surface area (Å²) in [5.41, 5.74) is 3.76. The molecule has 0 amide bonds. The fourth-order valence-electron chi connectivity index (χ4n) is 2.80. The summed E-state index contributed by atoms with van der Waals surface area (Å²) in [4.78, 5) is 4.45. The van der Waals surface area contributed by atoms with Crippen LogP contribution in [0.3, 0.4) is 0 Å². The number of pyridine rings is 1. The second-order valence-corrected chi connectivity index (χ2v) is 5.39. The van der Waals surface area contributed by atoms with Gasteiger partial charge in [-0.1, -0.05) is 12.5 Å². The van der Waals surface area contributed by atoms with E-state index in [1.54, 1.807) is 0 Å². The Bertz CT molecular complexity index is 542. The zero-order valence-electron chi connectivity index (χ0n) is 10.9. The highest BCUT2D eigenvalue weighted by Gasteiger charge is 2.13. The monoisotopic (exact) mass is 240 g/mol. The van der Waals surface area contributed by atoms with Crippen LogP contribution in [0.2, 0.25) is 0 Å². The summed E-state index contributed by atoms with van der Waals surface area (Å²) in [5.74, 6) is 0. The Balaban J connectivity index is 1.83. The van der Waals surface area contributed by atoms with E-state index in [1.807, 2.05) is 6.20 Å². The molecule has 2 nitrogen and oxygen atoms in total. The smallest absolute Gasteiger partial charge is 0.0702 e. The maximum absolute atomic E-state index is 4.45. The minimum Gasteiger partial charge on any atom is -0.314 e. The van der Waals surface area contributed by atoms with Gasteiger partial charge in [0, 0.05) is 17.6 Å². The molecule has 1 fully saturated rings. The predicted molar refractivity (Wildman–Crippen MR) is 75.8 cm³/mol. The van der Waals surface area contributed by atoms with Gasteiger partial charge in [0.05, 0.1) is 5.52 Å². The lowest BCUT2D eigenvalue weighted by Gasteiger charge is -2.23. The average Bonchev–Trinajstić information content (AvgIpc) is 2.39. The Kier molecular flexibility index (Phi) is 3.28. The van der Waals surface area contributed by atoms with E-state index in [4.69, 9.17) is 0 Å². The molecule has 1 aliphatic heterocycles. The van der Waals surface area contributed by atoms with Gasteiger partial charge in [-0.05, 0) is 62.1 Å². The first-order chi connectivity index (χ1) is 8.81. The van der Waals surface area contributed by atoms with Gasteiger partial charge in [-0.3, -0.25) is 4.98 Å². The van der Waals surface area contributed by atoms with Crippen LogP contribution >= 0.6 is 0 Å². The average molecular weight is 240 g/mol. The Morgan fingerprint density at radius 1 is 1.28 bits per heavy atom. The molecule has 1 unspecified atom stereocenters. The number of hydrogen-bond donors (Lipinski definition) is 1. The lowest BCUT2D eigenvalue weighted by Crippen LogP contribution is -2.35. The summed E-state index contributed by atoms with van der Waals surface area (Å²) in [7, 11) is 0. The third kappa shape index (κ3) is 2.54. The van der Waals surface area contributed by atoms with Crippen LogP contribution in [0.25, 0.3) is 10.9 Å². The summed E-state index contributed by atoms with van der Waals surface area (Å²) in [6.07, 6.45) is 7.09. The number of nitrogens with one attached hydrogen (secondary N) is 1. The van der Waals surface area contributed by atoms with Crippen molar-refractivity contribution in [2.75, 3.05) is 6.54 Å². The molecule has 94 valence electrons. The third-order valence-electron chi connectivity index (χ3n) is 3.78. The molecule has 2 heteroatoms. The van der Waals surface area contributed by atoms with E-state index in [0.717, 1.165) is 11.9 Å². The van der Waals surface area contributed by atoms with Crippen molar-refractivity contribution in [3.63, 3.8) is 0 Å². The van der Waals surface area contributed by atoms with Crippen LogP contribution in [0.5, 0.6) is 0 Å². The van der Waals surface area contributed by atoms with Crippen molar-refractivity contribution in [2.45, 2.75) is 38.6 Å². The molecule has 1 aromatic heterocycles. The largest absolute Gasteiger partial charge is 0.314 e. The number of aryl methyl sites for hydroxylation is 1. The van der Waals surface area contributed by atoms with Crippen molar-refractivity contribution in [2.24, 2.45) is 0 Å². The summed E-state index contributed by atoms with van der Waals surface area (Å²) in [6, 6.07) is 9.55. The van der Waals surface area contributed by atoms with Crippen molar-refractivity contribution < 1.29 is 0 Å². The maximum Gasteiger partial charge on any atom is 0.0702 e. The second kappa shape index (κ2) is 5.07. The van der Waals surface area contributed by atoms with Crippen molar-refractivity contribution in [3.8, 4) is 0 Å².